The number of thiazole rings is 1. The number of nitrogens with one attached hydrogen (secondary N) is 3. The number of amides is 1. The summed E-state index contributed by atoms with van der Waals surface area (Å²) < 4.78 is 39.0. The van der Waals surface area contributed by atoms with Crippen LogP contribution in [-0.4, -0.2) is 71.9 Å². The zero-order valence-electron chi connectivity index (χ0n) is 21.7. The highest BCUT2D eigenvalue weighted by molar-refractivity contribution is 7.93. The number of aromatic nitrogens is 4. The summed E-state index contributed by atoms with van der Waals surface area (Å²) in [6.07, 6.45) is 8.03. The Morgan fingerprint density at radius 1 is 1.26 bits per heavy atom. The average molecular weight is 574 g/mol. The summed E-state index contributed by atoms with van der Waals surface area (Å²) in [5.41, 5.74) is 0.474. The minimum atomic E-state index is -3.46. The monoisotopic (exact) mass is 573 g/mol. The molecule has 39 heavy (non-hydrogen) atoms. The Balaban J connectivity index is 1.44. The van der Waals surface area contributed by atoms with E-state index in [1.165, 1.54) is 17.5 Å². The van der Waals surface area contributed by atoms with Gasteiger partial charge in [-0.05, 0) is 38.3 Å². The molecular formula is C25H31N7O5S2. The van der Waals surface area contributed by atoms with Gasteiger partial charge in [-0.2, -0.15) is 0 Å². The van der Waals surface area contributed by atoms with Gasteiger partial charge < -0.3 is 20.1 Å². The Morgan fingerprint density at radius 3 is 2.82 bits per heavy atom. The molecule has 3 aromatic rings. The fourth-order valence-corrected chi connectivity index (χ4v) is 6.67. The molecule has 1 aliphatic carbocycles. The van der Waals surface area contributed by atoms with Crippen LogP contribution in [0.5, 0.6) is 5.88 Å². The van der Waals surface area contributed by atoms with E-state index >= 15 is 0 Å². The van der Waals surface area contributed by atoms with Crippen molar-refractivity contribution in [1.29, 1.82) is 0 Å². The van der Waals surface area contributed by atoms with Crippen LogP contribution in [0.25, 0.3) is 10.6 Å². The SMILES string of the molecule is CCOc1cncc(-c2cnc(C(=O)NC(CC)(c3cc(NS(=O)(=O)C4CC4)ccn3)C3COCCN3)s2)n1. The van der Waals surface area contributed by atoms with Crippen molar-refractivity contribution in [2.75, 3.05) is 31.1 Å². The molecular weight excluding hydrogens is 542 g/mol. The van der Waals surface area contributed by atoms with E-state index in [9.17, 15) is 13.2 Å². The molecule has 0 bridgehead atoms. The molecule has 4 heterocycles. The van der Waals surface area contributed by atoms with Gasteiger partial charge in [0, 0.05) is 18.9 Å². The second-order valence-electron chi connectivity index (χ2n) is 9.34. The second kappa shape index (κ2) is 11.5. The van der Waals surface area contributed by atoms with E-state index in [1.54, 1.807) is 30.7 Å². The quantitative estimate of drug-likeness (QED) is 0.311. The minimum absolute atomic E-state index is 0.244. The van der Waals surface area contributed by atoms with Crippen LogP contribution >= 0.6 is 11.3 Å². The number of carbonyl (C=O) groups is 1. The molecule has 5 rings (SSSR count). The number of carbonyl (C=O) groups excluding carboxylic acids is 1. The van der Waals surface area contributed by atoms with E-state index in [2.05, 4.69) is 35.3 Å². The van der Waals surface area contributed by atoms with Gasteiger partial charge in [0.1, 0.15) is 5.69 Å². The summed E-state index contributed by atoms with van der Waals surface area (Å²) in [5.74, 6) is 0.00574. The smallest absolute Gasteiger partial charge is 0.281 e. The van der Waals surface area contributed by atoms with E-state index in [-0.39, 0.29) is 22.2 Å². The molecule has 12 nitrogen and oxygen atoms in total. The molecule has 3 N–H and O–H groups in total. The molecule has 1 saturated heterocycles. The Hall–Kier alpha value is -3.20. The molecule has 208 valence electrons. The van der Waals surface area contributed by atoms with Crippen LogP contribution < -0.4 is 20.1 Å². The number of sulfonamides is 1. The first kappa shape index (κ1) is 27.4. The standard InChI is InChI=1S/C25H31N7O5S2/c1-3-25(21-15-36-10-9-28-21,20-11-16(7-8-27-20)32-39(34,35)17-5-6-17)31-23(33)24-29-13-19(38-24)18-12-26-14-22(30-18)37-4-2/h7-8,11-14,17,21,28H,3-6,9-10,15H2,1-2H3,(H,27,32)(H,31,33). The van der Waals surface area contributed by atoms with Crippen molar-refractivity contribution < 1.29 is 22.7 Å². The Kier molecular flexibility index (Phi) is 8.07. The first-order valence-electron chi connectivity index (χ1n) is 12.9. The molecule has 0 aromatic carbocycles. The van der Waals surface area contributed by atoms with Gasteiger partial charge in [-0.1, -0.05) is 6.92 Å². The summed E-state index contributed by atoms with van der Waals surface area (Å²) in [7, 11) is -3.46. The average Bonchev–Trinajstić information content (AvgIpc) is 3.70. The van der Waals surface area contributed by atoms with Crippen LogP contribution in [-0.2, 0) is 20.3 Å². The molecule has 3 aromatic heterocycles. The van der Waals surface area contributed by atoms with Gasteiger partial charge in [-0.3, -0.25) is 19.5 Å². The highest BCUT2D eigenvalue weighted by atomic mass is 32.2. The normalized spacial score (nSPS) is 19.2. The predicted octanol–water partition coefficient (Wildman–Crippen LogP) is 2.32. The van der Waals surface area contributed by atoms with Crippen LogP contribution in [0.3, 0.4) is 0 Å². The van der Waals surface area contributed by atoms with E-state index in [0.717, 1.165) is 0 Å². The lowest BCUT2D eigenvalue weighted by atomic mass is 9.82. The number of hydrogen-bond donors (Lipinski definition) is 3. The lowest BCUT2D eigenvalue weighted by molar-refractivity contribution is 0.0325. The molecule has 1 amide bonds. The number of pyridine rings is 1. The van der Waals surface area contributed by atoms with E-state index in [0.29, 0.717) is 73.5 Å². The molecule has 0 radical (unpaired) electrons. The van der Waals surface area contributed by atoms with E-state index < -0.39 is 15.6 Å². The van der Waals surface area contributed by atoms with Crippen LogP contribution in [0, 0.1) is 0 Å². The number of morpholine rings is 1. The summed E-state index contributed by atoms with van der Waals surface area (Å²) in [6, 6.07) is 2.99. The number of ether oxygens (including phenoxy) is 2. The number of hydrogen-bond acceptors (Lipinski definition) is 11. The van der Waals surface area contributed by atoms with Gasteiger partial charge in [0.2, 0.25) is 15.9 Å². The topological polar surface area (TPSA) is 157 Å². The molecule has 14 heteroatoms. The Morgan fingerprint density at radius 2 is 2.10 bits per heavy atom. The van der Waals surface area contributed by atoms with Gasteiger partial charge in [0.05, 0.1) is 65.3 Å². The molecule has 1 aliphatic heterocycles. The zero-order chi connectivity index (χ0) is 27.5. The van der Waals surface area contributed by atoms with Crippen molar-refractivity contribution in [1.82, 2.24) is 30.6 Å². The molecule has 2 aliphatic rings. The molecule has 2 fully saturated rings. The predicted molar refractivity (Wildman–Crippen MR) is 146 cm³/mol. The van der Waals surface area contributed by atoms with E-state index in [1.807, 2.05) is 13.8 Å². The van der Waals surface area contributed by atoms with Gasteiger partial charge in [0.25, 0.3) is 5.91 Å². The van der Waals surface area contributed by atoms with Crippen molar-refractivity contribution in [2.24, 2.45) is 0 Å². The lowest BCUT2D eigenvalue weighted by Crippen LogP contribution is -2.62. The highest BCUT2D eigenvalue weighted by Gasteiger charge is 2.44. The second-order valence-corrected chi connectivity index (χ2v) is 12.3. The lowest BCUT2D eigenvalue weighted by Gasteiger charge is -2.42. The third-order valence-electron chi connectivity index (χ3n) is 6.71. The summed E-state index contributed by atoms with van der Waals surface area (Å²) >= 11 is 1.19. The van der Waals surface area contributed by atoms with Crippen molar-refractivity contribution in [3.05, 3.63) is 47.6 Å². The van der Waals surface area contributed by atoms with Gasteiger partial charge >= 0.3 is 0 Å². The number of anilines is 1. The maximum Gasteiger partial charge on any atom is 0.281 e. The summed E-state index contributed by atoms with van der Waals surface area (Å²) in [4.78, 5) is 31.8. The third kappa shape index (κ3) is 6.03. The minimum Gasteiger partial charge on any atom is -0.477 e. The molecule has 0 spiro atoms. The Labute approximate surface area is 231 Å². The fourth-order valence-electron chi connectivity index (χ4n) is 4.53. The number of nitrogens with zero attached hydrogens (tertiary/aromatic N) is 4. The van der Waals surface area contributed by atoms with Crippen LogP contribution in [0.2, 0.25) is 0 Å². The van der Waals surface area contributed by atoms with Gasteiger partial charge in [-0.25, -0.2) is 18.4 Å². The fraction of sp³-hybridized carbons (Fsp3) is 0.480. The summed E-state index contributed by atoms with van der Waals surface area (Å²) in [6.45, 7) is 5.77. The van der Waals surface area contributed by atoms with Gasteiger partial charge in [0.15, 0.2) is 5.01 Å². The van der Waals surface area contributed by atoms with E-state index in [4.69, 9.17) is 9.47 Å². The van der Waals surface area contributed by atoms with Crippen LogP contribution in [0.1, 0.15) is 48.6 Å². The largest absolute Gasteiger partial charge is 0.477 e. The molecule has 1 saturated carbocycles. The maximum atomic E-state index is 13.6. The zero-order valence-corrected chi connectivity index (χ0v) is 23.3. The highest BCUT2D eigenvalue weighted by Crippen LogP contribution is 2.34. The first-order valence-corrected chi connectivity index (χ1v) is 15.2. The van der Waals surface area contributed by atoms with Crippen molar-refractivity contribution in [2.45, 2.75) is 49.9 Å². The molecule has 2 unspecified atom stereocenters. The van der Waals surface area contributed by atoms with Crippen molar-refractivity contribution in [3.63, 3.8) is 0 Å². The Bertz CT molecular complexity index is 1420. The van der Waals surface area contributed by atoms with Crippen LogP contribution in [0.4, 0.5) is 5.69 Å². The maximum absolute atomic E-state index is 13.6. The van der Waals surface area contributed by atoms with Gasteiger partial charge in [-0.15, -0.1) is 11.3 Å². The third-order valence-corrected chi connectivity index (χ3v) is 9.60. The van der Waals surface area contributed by atoms with Crippen molar-refractivity contribution in [3.8, 4) is 16.5 Å². The molecule has 2 atom stereocenters. The van der Waals surface area contributed by atoms with Crippen molar-refractivity contribution >= 4 is 33.0 Å². The summed E-state index contributed by atoms with van der Waals surface area (Å²) in [5, 5.41) is 6.49. The van der Waals surface area contributed by atoms with Crippen LogP contribution in [0.15, 0.2) is 36.9 Å². The first-order chi connectivity index (χ1) is 18.8. The number of rotatable bonds is 11.